The Morgan fingerprint density at radius 1 is 1.45 bits per heavy atom. The number of hydrogen-bond donors (Lipinski definition) is 1. The molecule has 1 aromatic heterocycles. The number of piperidine rings is 3. The summed E-state index contributed by atoms with van der Waals surface area (Å²) >= 11 is 0. The maximum absolute atomic E-state index is 11.3. The maximum Gasteiger partial charge on any atom is 0.333 e. The van der Waals surface area contributed by atoms with Gasteiger partial charge in [0, 0.05) is 19.1 Å². The molecule has 20 heavy (non-hydrogen) atoms. The van der Waals surface area contributed by atoms with E-state index in [-0.39, 0.29) is 10.6 Å². The summed E-state index contributed by atoms with van der Waals surface area (Å²) in [4.78, 5) is 13.4. The van der Waals surface area contributed by atoms with E-state index in [0.717, 1.165) is 19.6 Å². The zero-order valence-electron chi connectivity index (χ0n) is 12.0. The van der Waals surface area contributed by atoms with Gasteiger partial charge in [-0.1, -0.05) is 0 Å². The van der Waals surface area contributed by atoms with Crippen LogP contribution in [-0.2, 0) is 6.54 Å². The molecule has 0 aromatic carbocycles. The second-order valence-electron chi connectivity index (χ2n) is 5.74. The molecule has 1 atom stereocenters. The molecule has 3 fully saturated rings. The van der Waals surface area contributed by atoms with E-state index in [1.165, 1.54) is 12.8 Å². The lowest BCUT2D eigenvalue weighted by atomic mass is 9.84. The molecule has 1 N–H and O–H groups in total. The molecule has 7 heteroatoms. The lowest BCUT2D eigenvalue weighted by molar-refractivity contribution is -0.384. The van der Waals surface area contributed by atoms with E-state index < -0.39 is 0 Å². The van der Waals surface area contributed by atoms with Gasteiger partial charge in [-0.05, 0) is 45.7 Å². The van der Waals surface area contributed by atoms with E-state index in [1.807, 2.05) is 6.92 Å². The molecule has 1 unspecified atom stereocenters. The van der Waals surface area contributed by atoms with Gasteiger partial charge in [-0.2, -0.15) is 5.10 Å². The molecule has 0 spiro atoms. The van der Waals surface area contributed by atoms with Crippen molar-refractivity contribution >= 4 is 11.5 Å². The van der Waals surface area contributed by atoms with Gasteiger partial charge in [0.2, 0.25) is 5.82 Å². The molecular weight excluding hydrogens is 258 g/mol. The molecule has 0 radical (unpaired) electrons. The lowest BCUT2D eigenvalue weighted by Gasteiger charge is -2.45. The normalized spacial score (nSPS) is 28.6. The van der Waals surface area contributed by atoms with Crippen LogP contribution in [0.25, 0.3) is 0 Å². The minimum atomic E-state index is -0.321. The van der Waals surface area contributed by atoms with Crippen LogP contribution in [0.4, 0.5) is 11.5 Å². The van der Waals surface area contributed by atoms with Gasteiger partial charge in [-0.3, -0.25) is 10.1 Å². The summed E-state index contributed by atoms with van der Waals surface area (Å²) in [5, 5.41) is 19.0. The van der Waals surface area contributed by atoms with Crippen molar-refractivity contribution in [2.75, 3.05) is 25.0 Å². The fourth-order valence-electron chi connectivity index (χ4n) is 3.47. The van der Waals surface area contributed by atoms with Crippen LogP contribution in [0.15, 0.2) is 0 Å². The molecule has 2 bridgehead atoms. The van der Waals surface area contributed by atoms with Gasteiger partial charge in [0.05, 0.1) is 4.92 Å². The van der Waals surface area contributed by atoms with Gasteiger partial charge in [0.1, 0.15) is 5.69 Å². The van der Waals surface area contributed by atoms with E-state index in [0.29, 0.717) is 30.0 Å². The van der Waals surface area contributed by atoms with Crippen LogP contribution in [0.3, 0.4) is 0 Å². The number of anilines is 1. The van der Waals surface area contributed by atoms with Crippen molar-refractivity contribution in [3.8, 4) is 0 Å². The third-order valence-corrected chi connectivity index (χ3v) is 4.56. The first kappa shape index (κ1) is 13.4. The zero-order chi connectivity index (χ0) is 14.3. The average molecular weight is 279 g/mol. The first-order valence-corrected chi connectivity index (χ1v) is 7.30. The number of aryl methyl sites for hydroxylation is 2. The van der Waals surface area contributed by atoms with Crippen LogP contribution in [-0.4, -0.2) is 45.3 Å². The minimum Gasteiger partial charge on any atom is -0.360 e. The van der Waals surface area contributed by atoms with Crippen molar-refractivity contribution in [3.05, 3.63) is 15.8 Å². The van der Waals surface area contributed by atoms with E-state index >= 15 is 0 Å². The Hall–Kier alpha value is -1.63. The van der Waals surface area contributed by atoms with E-state index in [1.54, 1.807) is 11.6 Å². The van der Waals surface area contributed by atoms with Crippen LogP contribution in [0.5, 0.6) is 0 Å². The Balaban J connectivity index is 1.88. The van der Waals surface area contributed by atoms with Crippen LogP contribution in [0.1, 0.15) is 25.5 Å². The number of nitrogens with zero attached hydrogens (tertiary/aromatic N) is 4. The summed E-state index contributed by atoms with van der Waals surface area (Å²) in [6, 6.07) is 0.303. The number of aromatic nitrogens is 2. The third kappa shape index (κ3) is 2.15. The molecule has 7 nitrogen and oxygen atoms in total. The Morgan fingerprint density at radius 3 is 2.65 bits per heavy atom. The highest BCUT2D eigenvalue weighted by Crippen LogP contribution is 2.34. The number of hydrogen-bond acceptors (Lipinski definition) is 5. The van der Waals surface area contributed by atoms with Crippen LogP contribution < -0.4 is 5.32 Å². The molecule has 3 aliphatic rings. The highest BCUT2D eigenvalue weighted by atomic mass is 16.6. The monoisotopic (exact) mass is 279 g/mol. The molecular formula is C13H21N5O2. The van der Waals surface area contributed by atoms with Crippen molar-refractivity contribution < 1.29 is 4.92 Å². The summed E-state index contributed by atoms with van der Waals surface area (Å²) in [5.74, 6) is 1.20. The van der Waals surface area contributed by atoms with Crippen LogP contribution >= 0.6 is 0 Å². The fourth-order valence-corrected chi connectivity index (χ4v) is 3.47. The fraction of sp³-hybridized carbons (Fsp3) is 0.769. The zero-order valence-corrected chi connectivity index (χ0v) is 12.0. The van der Waals surface area contributed by atoms with Crippen molar-refractivity contribution in [3.63, 3.8) is 0 Å². The molecule has 0 saturated carbocycles. The Morgan fingerprint density at radius 2 is 2.15 bits per heavy atom. The Bertz CT molecular complexity index is 519. The number of fused-ring (bicyclic) bond motifs is 3. The van der Waals surface area contributed by atoms with Crippen molar-refractivity contribution in [2.45, 2.75) is 39.3 Å². The standard InChI is InChI=1S/C13H21N5O2/c1-3-17-13(12(18(19)20)9(2)15-17)14-11-8-16-6-4-10(11)5-7-16/h10-11,14H,3-8H2,1-2H3. The molecule has 110 valence electrons. The van der Waals surface area contributed by atoms with Gasteiger partial charge >= 0.3 is 5.69 Å². The highest BCUT2D eigenvalue weighted by Gasteiger charge is 2.36. The Kier molecular flexibility index (Phi) is 3.37. The van der Waals surface area contributed by atoms with Gasteiger partial charge in [-0.15, -0.1) is 0 Å². The maximum atomic E-state index is 11.3. The van der Waals surface area contributed by atoms with Crippen molar-refractivity contribution in [1.82, 2.24) is 14.7 Å². The SMILES string of the molecule is CCn1nc(C)c([N+](=O)[O-])c1NC1CN2CCC1CC2. The lowest BCUT2D eigenvalue weighted by Crippen LogP contribution is -2.53. The molecule has 4 rings (SSSR count). The molecule has 3 aliphatic heterocycles. The van der Waals surface area contributed by atoms with E-state index in [2.05, 4.69) is 15.3 Å². The van der Waals surface area contributed by atoms with Gasteiger partial charge in [-0.25, -0.2) is 4.68 Å². The number of rotatable bonds is 4. The largest absolute Gasteiger partial charge is 0.360 e. The molecule has 1 aromatic rings. The predicted octanol–water partition coefficient (Wildman–Crippen LogP) is 1.63. The highest BCUT2D eigenvalue weighted by molar-refractivity contribution is 5.60. The first-order valence-electron chi connectivity index (χ1n) is 7.30. The van der Waals surface area contributed by atoms with Crippen molar-refractivity contribution in [1.29, 1.82) is 0 Å². The summed E-state index contributed by atoms with van der Waals surface area (Å²) < 4.78 is 1.71. The quantitative estimate of drug-likeness (QED) is 0.669. The second-order valence-corrected chi connectivity index (χ2v) is 5.74. The smallest absolute Gasteiger partial charge is 0.333 e. The molecule has 4 heterocycles. The topological polar surface area (TPSA) is 76.2 Å². The molecule has 0 amide bonds. The summed E-state index contributed by atoms with van der Waals surface area (Å²) in [7, 11) is 0. The molecule has 3 saturated heterocycles. The van der Waals surface area contributed by atoms with Crippen LogP contribution in [0.2, 0.25) is 0 Å². The second kappa shape index (κ2) is 5.05. The minimum absolute atomic E-state index is 0.128. The first-order chi connectivity index (χ1) is 9.60. The molecule has 0 aliphatic carbocycles. The van der Waals surface area contributed by atoms with E-state index in [9.17, 15) is 10.1 Å². The third-order valence-electron chi connectivity index (χ3n) is 4.56. The van der Waals surface area contributed by atoms with Crippen molar-refractivity contribution in [2.24, 2.45) is 5.92 Å². The number of nitro groups is 1. The van der Waals surface area contributed by atoms with E-state index in [4.69, 9.17) is 0 Å². The summed E-state index contributed by atoms with van der Waals surface area (Å²) in [5.41, 5.74) is 0.615. The van der Waals surface area contributed by atoms with Gasteiger partial charge in [0.15, 0.2) is 0 Å². The van der Waals surface area contributed by atoms with Gasteiger partial charge < -0.3 is 10.2 Å². The summed E-state index contributed by atoms with van der Waals surface area (Å²) in [6.45, 7) is 7.60. The number of nitrogens with one attached hydrogen (secondary N) is 1. The van der Waals surface area contributed by atoms with Crippen LogP contribution in [0, 0.1) is 23.0 Å². The summed E-state index contributed by atoms with van der Waals surface area (Å²) in [6.07, 6.45) is 2.37. The van der Waals surface area contributed by atoms with Gasteiger partial charge in [0.25, 0.3) is 0 Å². The Labute approximate surface area is 118 Å². The average Bonchev–Trinajstić information content (AvgIpc) is 2.76. The predicted molar refractivity (Wildman–Crippen MR) is 75.9 cm³/mol.